The second kappa shape index (κ2) is 11.3. The summed E-state index contributed by atoms with van der Waals surface area (Å²) in [4.78, 5) is 36.6. The summed E-state index contributed by atoms with van der Waals surface area (Å²) in [6.07, 6.45) is 0.876. The number of aromatic amines is 1. The molecule has 2 aliphatic heterocycles. The van der Waals surface area contributed by atoms with E-state index in [1.165, 1.54) is 0 Å². The van der Waals surface area contributed by atoms with E-state index in [4.69, 9.17) is 32.9 Å². The van der Waals surface area contributed by atoms with Crippen molar-refractivity contribution in [1.82, 2.24) is 30.0 Å². The highest BCUT2D eigenvalue weighted by atomic mass is 35.5. The number of nitrogens with zero attached hydrogens (tertiary/aromatic N) is 4. The van der Waals surface area contributed by atoms with Gasteiger partial charge in [-0.25, -0.2) is 9.67 Å². The van der Waals surface area contributed by atoms with Gasteiger partial charge in [0.15, 0.2) is 5.82 Å². The van der Waals surface area contributed by atoms with Crippen molar-refractivity contribution in [2.24, 2.45) is 0 Å². The Morgan fingerprint density at radius 2 is 1.89 bits per heavy atom. The van der Waals surface area contributed by atoms with Crippen LogP contribution in [0.3, 0.4) is 0 Å². The number of H-pyrrole nitrogens is 1. The lowest BCUT2D eigenvalue weighted by Gasteiger charge is -2.14. The van der Waals surface area contributed by atoms with Gasteiger partial charge in [-0.3, -0.25) is 14.7 Å². The number of methoxy groups -OCH3 is 1. The maximum Gasteiger partial charge on any atom is 0.284 e. The highest BCUT2D eigenvalue weighted by molar-refractivity contribution is 6.38. The van der Waals surface area contributed by atoms with Crippen molar-refractivity contribution >= 4 is 29.1 Å². The van der Waals surface area contributed by atoms with Gasteiger partial charge >= 0.3 is 0 Å². The fourth-order valence-electron chi connectivity index (χ4n) is 4.01. The molecule has 9 nitrogen and oxygen atoms in total. The zero-order valence-electron chi connectivity index (χ0n) is 21.1. The minimum absolute atomic E-state index is 0.237. The van der Waals surface area contributed by atoms with Crippen molar-refractivity contribution in [1.29, 1.82) is 0 Å². The predicted molar refractivity (Wildman–Crippen MR) is 145 cm³/mol. The molecule has 0 spiro atoms. The summed E-state index contributed by atoms with van der Waals surface area (Å²) < 4.78 is 6.88. The molecule has 194 valence electrons. The summed E-state index contributed by atoms with van der Waals surface area (Å²) >= 11 is 13.3. The van der Waals surface area contributed by atoms with Gasteiger partial charge in [0.2, 0.25) is 0 Å². The summed E-state index contributed by atoms with van der Waals surface area (Å²) in [6.45, 7) is 3.10. The van der Waals surface area contributed by atoms with E-state index in [2.05, 4.69) is 15.4 Å². The lowest BCUT2D eigenvalue weighted by Crippen LogP contribution is -2.31. The number of aromatic nitrogens is 4. The van der Waals surface area contributed by atoms with Crippen LogP contribution in [0.5, 0.6) is 5.75 Å². The molecule has 11 heteroatoms. The number of ether oxygens (including phenoxy) is 1. The van der Waals surface area contributed by atoms with Gasteiger partial charge in [-0.15, -0.1) is 0 Å². The molecule has 4 rings (SSSR count). The molecule has 2 aromatic rings. The maximum atomic E-state index is 13.1. The van der Waals surface area contributed by atoms with Crippen LogP contribution in [-0.2, 0) is 12.8 Å². The third-order valence-electron chi connectivity index (χ3n) is 5.86. The monoisotopic (exact) mass is 542 g/mol. The topological polar surface area (TPSA) is 105 Å². The highest BCUT2D eigenvalue weighted by Crippen LogP contribution is 2.34. The average molecular weight is 543 g/mol. The van der Waals surface area contributed by atoms with Gasteiger partial charge in [-0.2, -0.15) is 4.98 Å². The molecule has 2 N–H and O–H groups in total. The molecule has 0 radical (unpaired) electrons. The minimum Gasteiger partial charge on any atom is -0.497 e. The van der Waals surface area contributed by atoms with E-state index in [1.54, 1.807) is 23.9 Å². The Morgan fingerprint density at radius 3 is 2.54 bits per heavy atom. The molecule has 0 unspecified atom stereocenters. The molecule has 2 heterocycles. The number of likely N-dealkylation sites (N-methyl/N-ethyl adjacent to an activating group) is 1. The number of halogens is 2. The predicted octanol–water partition coefficient (Wildman–Crippen LogP) is 3.82. The SMILES string of the molecule is CCc1[nH]n(-c2c(Cl)cc(C(=O)NCCN(C)C)cc2Cl)c2nc(Cc3cccc(OC)c3)nc(=O)c1-2. The first kappa shape index (κ1) is 26.7. The van der Waals surface area contributed by atoms with E-state index in [0.29, 0.717) is 65.8 Å². The fourth-order valence-corrected chi connectivity index (χ4v) is 4.66. The van der Waals surface area contributed by atoms with Crippen molar-refractivity contribution in [3.8, 4) is 22.8 Å². The number of hydrogen-bond acceptors (Lipinski definition) is 6. The van der Waals surface area contributed by atoms with Crippen LogP contribution >= 0.6 is 23.2 Å². The molecule has 1 amide bonds. The van der Waals surface area contributed by atoms with Crippen molar-refractivity contribution in [3.05, 3.63) is 79.4 Å². The highest BCUT2D eigenvalue weighted by Gasteiger charge is 2.26. The number of benzene rings is 2. The first-order valence-corrected chi connectivity index (χ1v) is 12.5. The number of amides is 1. The number of fused-ring (bicyclic) bond motifs is 1. The second-order valence-corrected chi connectivity index (χ2v) is 9.61. The lowest BCUT2D eigenvalue weighted by molar-refractivity contribution is 0.0951. The average Bonchev–Trinajstić information content (AvgIpc) is 3.22. The second-order valence-electron chi connectivity index (χ2n) is 8.80. The number of rotatable bonds is 9. The summed E-state index contributed by atoms with van der Waals surface area (Å²) in [7, 11) is 5.45. The Bertz CT molecular complexity index is 1440. The van der Waals surface area contributed by atoms with Crippen LogP contribution in [0.4, 0.5) is 0 Å². The van der Waals surface area contributed by atoms with Gasteiger partial charge in [0.1, 0.15) is 22.8 Å². The Morgan fingerprint density at radius 1 is 1.16 bits per heavy atom. The summed E-state index contributed by atoms with van der Waals surface area (Å²) in [5, 5.41) is 6.53. The molecule has 37 heavy (non-hydrogen) atoms. The van der Waals surface area contributed by atoms with Crippen LogP contribution in [0.25, 0.3) is 17.1 Å². The van der Waals surface area contributed by atoms with Crippen LogP contribution in [0.2, 0.25) is 10.0 Å². The van der Waals surface area contributed by atoms with Crippen LogP contribution in [0.15, 0.2) is 41.2 Å². The van der Waals surface area contributed by atoms with Gasteiger partial charge in [-0.05, 0) is 50.3 Å². The van der Waals surface area contributed by atoms with Gasteiger partial charge in [0.25, 0.3) is 11.5 Å². The van der Waals surface area contributed by atoms with E-state index >= 15 is 0 Å². The standard InChI is InChI=1S/C26H28Cl2N6O3/c1-5-20-22-24(30-21(31-26(22)36)12-15-7-6-8-17(11-15)37-4)34(32-20)23-18(27)13-16(14-19(23)28)25(35)29-9-10-33(2)3/h6-8,11,13-14,32H,5,9-10,12H2,1-4H3,(H,29,35). The normalized spacial score (nSPS) is 11.3. The third kappa shape index (κ3) is 5.79. The molecule has 0 aromatic heterocycles. The Balaban J connectivity index is 1.75. The van der Waals surface area contributed by atoms with Gasteiger partial charge in [-0.1, -0.05) is 42.3 Å². The van der Waals surface area contributed by atoms with Crippen LogP contribution in [-0.4, -0.2) is 64.9 Å². The smallest absolute Gasteiger partial charge is 0.284 e. The first-order chi connectivity index (χ1) is 17.7. The first-order valence-electron chi connectivity index (χ1n) is 11.8. The molecule has 0 aliphatic carbocycles. The third-order valence-corrected chi connectivity index (χ3v) is 6.44. The van der Waals surface area contributed by atoms with Crippen molar-refractivity contribution in [3.63, 3.8) is 0 Å². The molecule has 2 aliphatic rings. The molecular formula is C26H28Cl2N6O3. The largest absolute Gasteiger partial charge is 0.497 e. The van der Waals surface area contributed by atoms with Crippen LogP contribution in [0, 0.1) is 0 Å². The molecule has 0 atom stereocenters. The van der Waals surface area contributed by atoms with Crippen molar-refractivity contribution in [2.45, 2.75) is 19.8 Å². The maximum absolute atomic E-state index is 13.1. The molecule has 0 fully saturated rings. The molecule has 0 bridgehead atoms. The van der Waals surface area contributed by atoms with Crippen LogP contribution in [0.1, 0.15) is 34.4 Å². The van der Waals surface area contributed by atoms with E-state index in [9.17, 15) is 9.59 Å². The number of hydrogen-bond donors (Lipinski definition) is 2. The number of aryl methyl sites for hydroxylation is 1. The lowest BCUT2D eigenvalue weighted by atomic mass is 10.1. The number of carbonyl (C=O) groups is 1. The Kier molecular flexibility index (Phi) is 8.16. The quantitative estimate of drug-likeness (QED) is 0.333. The van der Waals surface area contributed by atoms with Gasteiger partial charge in [0.05, 0.1) is 17.2 Å². The summed E-state index contributed by atoms with van der Waals surface area (Å²) in [5.74, 6) is 1.14. The van der Waals surface area contributed by atoms with E-state index < -0.39 is 0 Å². The summed E-state index contributed by atoms with van der Waals surface area (Å²) in [6, 6.07) is 10.6. The van der Waals surface area contributed by atoms with Crippen molar-refractivity contribution in [2.75, 3.05) is 34.3 Å². The van der Waals surface area contributed by atoms with E-state index in [-0.39, 0.29) is 21.5 Å². The molecular weight excluding hydrogens is 515 g/mol. The molecule has 0 saturated carbocycles. The fraction of sp³-hybridized carbons (Fsp3) is 0.308. The molecule has 2 aromatic carbocycles. The zero-order valence-corrected chi connectivity index (χ0v) is 22.6. The minimum atomic E-state index is -0.390. The number of nitrogens with one attached hydrogen (secondary N) is 2. The summed E-state index contributed by atoms with van der Waals surface area (Å²) in [5.41, 5.74) is 2.27. The van der Waals surface area contributed by atoms with Crippen molar-refractivity contribution < 1.29 is 9.53 Å². The van der Waals surface area contributed by atoms with Gasteiger partial charge < -0.3 is 15.0 Å². The number of carbonyl (C=O) groups excluding carboxylic acids is 1. The van der Waals surface area contributed by atoms with E-state index in [1.807, 2.05) is 50.2 Å². The molecule has 0 saturated heterocycles. The Labute approximate surface area is 224 Å². The zero-order chi connectivity index (χ0) is 26.7. The van der Waals surface area contributed by atoms with E-state index in [0.717, 1.165) is 5.56 Å². The van der Waals surface area contributed by atoms with Crippen LogP contribution < -0.4 is 15.6 Å². The van der Waals surface area contributed by atoms with Gasteiger partial charge in [0, 0.05) is 30.8 Å². The Hall–Kier alpha value is -3.40.